The van der Waals surface area contributed by atoms with E-state index in [0.717, 1.165) is 79.2 Å². The Kier molecular flexibility index (Phi) is 15.9. The van der Waals surface area contributed by atoms with Crippen molar-refractivity contribution in [2.45, 2.75) is 129 Å². The number of ether oxygens (including phenoxy) is 4. The van der Waals surface area contributed by atoms with Gasteiger partial charge in [0.05, 0.1) is 14.2 Å². The minimum absolute atomic E-state index is 0.0336. The predicted octanol–water partition coefficient (Wildman–Crippen LogP) is 6.14. The number of rotatable bonds is 15. The summed E-state index contributed by atoms with van der Waals surface area (Å²) < 4.78 is 20.9. The van der Waals surface area contributed by atoms with Crippen LogP contribution in [-0.2, 0) is 63.8 Å². The van der Waals surface area contributed by atoms with E-state index in [1.54, 1.807) is 13.8 Å². The van der Waals surface area contributed by atoms with Crippen molar-refractivity contribution in [3.8, 4) is 11.1 Å². The number of ketones is 1. The molecule has 0 saturated carbocycles. The second-order valence-corrected chi connectivity index (χ2v) is 18.0. The van der Waals surface area contributed by atoms with Gasteiger partial charge in [0.25, 0.3) is 0 Å². The van der Waals surface area contributed by atoms with Gasteiger partial charge in [-0.3, -0.25) is 14.4 Å². The van der Waals surface area contributed by atoms with Crippen molar-refractivity contribution in [3.05, 3.63) is 64.2 Å². The molecule has 64 heavy (non-hydrogen) atoms. The maximum absolute atomic E-state index is 13.9. The fourth-order valence-electron chi connectivity index (χ4n) is 9.78. The van der Waals surface area contributed by atoms with Crippen LogP contribution in [0.15, 0.2) is 30.8 Å². The Labute approximate surface area is 375 Å². The molecule has 2 N–H and O–H groups in total. The highest BCUT2D eigenvalue weighted by Crippen LogP contribution is 2.41. The molecule has 2 heterocycles. The molecular formula is C49H64N4O11. The highest BCUT2D eigenvalue weighted by Gasteiger charge is 2.41. The highest BCUT2D eigenvalue weighted by molar-refractivity contribution is 6.01. The average molecular weight is 885 g/mol. The average Bonchev–Trinajstić information content (AvgIpc) is 4.01. The maximum atomic E-state index is 13.9. The molecule has 2 aromatic rings. The van der Waals surface area contributed by atoms with Crippen LogP contribution < -0.4 is 10.6 Å². The van der Waals surface area contributed by atoms with Gasteiger partial charge in [0.1, 0.15) is 30.8 Å². The summed E-state index contributed by atoms with van der Waals surface area (Å²) in [5, 5.41) is 5.18. The zero-order valence-corrected chi connectivity index (χ0v) is 38.2. The van der Waals surface area contributed by atoms with Gasteiger partial charge >= 0.3 is 24.1 Å². The van der Waals surface area contributed by atoms with Gasteiger partial charge in [0.2, 0.25) is 17.6 Å². The van der Waals surface area contributed by atoms with Crippen LogP contribution >= 0.6 is 0 Å². The van der Waals surface area contributed by atoms with Crippen LogP contribution in [0.2, 0.25) is 0 Å². The number of amides is 4. The fraction of sp³-hybridized carbons (Fsp3) is 0.571. The second-order valence-electron chi connectivity index (χ2n) is 18.0. The number of benzene rings is 2. The van der Waals surface area contributed by atoms with Crippen LogP contribution in [0.5, 0.6) is 0 Å². The standard InChI is InChI=1S/C49H64N4O11/c1-28(2)42(50-48(59)61-6)44(55)52-24-12-18-39(52)46(57)63-26-30(5)31-20-21-36(33-15-9-8-14-32(31)33)37-22-23-38(35-17-11-10-16-34(35)37)41(54)27-64-47(58)40-19-13-25-53(40)45(56)43(29(3)4)51-49(60)62-7/h20-23,28-29,39-40,42-43H,5,8-19,24-27H2,1-4,6-7H3,(H,50,59)(H,51,60)/t39?,40-,42-,43-/m0/s1. The Balaban J connectivity index is 1.15. The lowest BCUT2D eigenvalue weighted by Gasteiger charge is -2.30. The van der Waals surface area contributed by atoms with Crippen molar-refractivity contribution in [2.75, 3.05) is 40.5 Å². The normalized spacial score (nSPS) is 18.9. The lowest BCUT2D eigenvalue weighted by Crippen LogP contribution is -2.54. The molecule has 0 radical (unpaired) electrons. The van der Waals surface area contributed by atoms with Crippen molar-refractivity contribution >= 4 is 47.3 Å². The third-order valence-corrected chi connectivity index (χ3v) is 13.2. The molecule has 6 rings (SSSR count). The van der Waals surface area contributed by atoms with Gasteiger partial charge in [-0.15, -0.1) is 0 Å². The van der Waals surface area contributed by atoms with Crippen molar-refractivity contribution in [1.29, 1.82) is 0 Å². The summed E-state index contributed by atoms with van der Waals surface area (Å²) in [5.41, 5.74) is 8.83. The number of nitrogens with one attached hydrogen (secondary N) is 2. The van der Waals surface area contributed by atoms with Gasteiger partial charge in [-0.25, -0.2) is 19.2 Å². The molecule has 2 aliphatic carbocycles. The van der Waals surface area contributed by atoms with Crippen LogP contribution in [0, 0.1) is 11.8 Å². The van der Waals surface area contributed by atoms with Crippen LogP contribution in [0.4, 0.5) is 9.59 Å². The summed E-state index contributed by atoms with van der Waals surface area (Å²) in [7, 11) is 2.46. The minimum Gasteiger partial charge on any atom is -0.459 e. The number of fused-ring (bicyclic) bond motifs is 2. The summed E-state index contributed by atoms with van der Waals surface area (Å²) in [6, 6.07) is 4.67. The number of carbonyl (C=O) groups excluding carboxylic acids is 7. The smallest absolute Gasteiger partial charge is 0.407 e. The van der Waals surface area contributed by atoms with E-state index in [4.69, 9.17) is 18.9 Å². The van der Waals surface area contributed by atoms with E-state index in [1.807, 2.05) is 32.0 Å². The van der Waals surface area contributed by atoms with Crippen molar-refractivity contribution in [1.82, 2.24) is 20.4 Å². The van der Waals surface area contributed by atoms with Gasteiger partial charge in [-0.1, -0.05) is 58.5 Å². The number of alkyl carbamates (subject to hydrolysis) is 2. The Hall–Kier alpha value is -5.73. The molecule has 0 bridgehead atoms. The maximum Gasteiger partial charge on any atom is 0.407 e. The second kappa shape index (κ2) is 21.3. The van der Waals surface area contributed by atoms with Gasteiger partial charge in [-0.2, -0.15) is 0 Å². The number of esters is 2. The molecule has 15 nitrogen and oxygen atoms in total. The summed E-state index contributed by atoms with van der Waals surface area (Å²) in [6.07, 6.45) is 7.80. The molecule has 0 spiro atoms. The first-order chi connectivity index (χ1) is 30.7. The van der Waals surface area contributed by atoms with Crippen molar-refractivity contribution in [3.63, 3.8) is 0 Å². The topological polar surface area (TPSA) is 187 Å². The largest absolute Gasteiger partial charge is 0.459 e. The number of hydrogen-bond donors (Lipinski definition) is 2. The minimum atomic E-state index is -0.880. The molecule has 2 saturated heterocycles. The van der Waals surface area contributed by atoms with Crippen LogP contribution in [-0.4, -0.2) is 116 Å². The fourth-order valence-corrected chi connectivity index (χ4v) is 9.78. The molecular weight excluding hydrogens is 821 g/mol. The number of likely N-dealkylation sites (tertiary alicyclic amines) is 2. The molecule has 4 aliphatic rings. The molecule has 2 aromatic carbocycles. The Bertz CT molecular complexity index is 2000. The molecule has 4 amide bonds. The number of Topliss-reactive ketones (excluding diaryl/α,β-unsaturated/α-hetero) is 1. The van der Waals surface area contributed by atoms with Crippen LogP contribution in [0.1, 0.15) is 117 Å². The van der Waals surface area contributed by atoms with Gasteiger partial charge in [0.15, 0.2) is 6.61 Å². The molecule has 346 valence electrons. The Morgan fingerprint density at radius 1 is 0.594 bits per heavy atom. The van der Waals surface area contributed by atoms with E-state index in [0.29, 0.717) is 49.9 Å². The monoisotopic (exact) mass is 884 g/mol. The van der Waals surface area contributed by atoms with E-state index < -0.39 is 60.8 Å². The summed E-state index contributed by atoms with van der Waals surface area (Å²) >= 11 is 0. The number of carbonyl (C=O) groups is 7. The first-order valence-electron chi connectivity index (χ1n) is 22.8. The molecule has 1 unspecified atom stereocenters. The third-order valence-electron chi connectivity index (χ3n) is 13.2. The van der Waals surface area contributed by atoms with Gasteiger partial charge in [-0.05, 0) is 133 Å². The van der Waals surface area contributed by atoms with E-state index in [9.17, 15) is 33.6 Å². The van der Waals surface area contributed by atoms with E-state index in [-0.39, 0.29) is 30.1 Å². The van der Waals surface area contributed by atoms with Crippen LogP contribution in [0.25, 0.3) is 16.7 Å². The molecule has 0 aromatic heterocycles. The SMILES string of the molecule is C=C(COC(=O)C1CCCN1C(=O)[C@@H](NC(=O)OC)C(C)C)c1ccc(-c2ccc(C(=O)COC(=O)[C@@H]3CCCN3C(=O)[C@@H](NC(=O)OC)C(C)C)c3c2CCCC3)c2c1CCCC2. The van der Waals surface area contributed by atoms with Gasteiger partial charge in [0, 0.05) is 18.7 Å². The first-order valence-corrected chi connectivity index (χ1v) is 22.8. The zero-order valence-electron chi connectivity index (χ0n) is 38.2. The summed E-state index contributed by atoms with van der Waals surface area (Å²) in [6.45, 7) is 11.8. The molecule has 2 aliphatic heterocycles. The van der Waals surface area contributed by atoms with E-state index in [1.165, 1.54) is 35.1 Å². The molecule has 4 atom stereocenters. The Morgan fingerprint density at radius 3 is 1.44 bits per heavy atom. The molecule has 15 heteroatoms. The van der Waals surface area contributed by atoms with Crippen LogP contribution in [0.3, 0.4) is 0 Å². The Morgan fingerprint density at radius 2 is 1.00 bits per heavy atom. The molecule has 2 fully saturated rings. The predicted molar refractivity (Wildman–Crippen MR) is 238 cm³/mol. The zero-order chi connectivity index (χ0) is 46.2. The third kappa shape index (κ3) is 10.4. The number of hydrogen-bond acceptors (Lipinski definition) is 11. The highest BCUT2D eigenvalue weighted by atomic mass is 16.5. The first kappa shape index (κ1) is 47.7. The number of methoxy groups -OCH3 is 2. The summed E-state index contributed by atoms with van der Waals surface area (Å²) in [5.74, 6) is -2.67. The van der Waals surface area contributed by atoms with Crippen molar-refractivity contribution in [2.24, 2.45) is 11.8 Å². The van der Waals surface area contributed by atoms with Gasteiger partial charge < -0.3 is 39.4 Å². The lowest BCUT2D eigenvalue weighted by molar-refractivity contribution is -0.153. The number of nitrogens with zero attached hydrogens (tertiary/aromatic N) is 2. The van der Waals surface area contributed by atoms with Crippen molar-refractivity contribution < 1.29 is 52.5 Å². The quantitative estimate of drug-likeness (QED) is 0.119. The lowest BCUT2D eigenvalue weighted by atomic mass is 9.77. The summed E-state index contributed by atoms with van der Waals surface area (Å²) in [4.78, 5) is 94.7. The van der Waals surface area contributed by atoms with E-state index >= 15 is 0 Å². The van der Waals surface area contributed by atoms with E-state index in [2.05, 4.69) is 23.3 Å².